The highest BCUT2D eigenvalue weighted by Gasteiger charge is 2.37. The Morgan fingerprint density at radius 3 is 2.45 bits per heavy atom. The maximum absolute atomic E-state index is 13.3. The van der Waals surface area contributed by atoms with Gasteiger partial charge in [-0.3, -0.25) is 9.59 Å². The van der Waals surface area contributed by atoms with E-state index in [4.69, 9.17) is 8.83 Å². The van der Waals surface area contributed by atoms with E-state index >= 15 is 0 Å². The van der Waals surface area contributed by atoms with Gasteiger partial charge in [-0.05, 0) is 30.3 Å². The van der Waals surface area contributed by atoms with E-state index in [1.54, 1.807) is 58.7 Å². The highest BCUT2D eigenvalue weighted by atomic mass is 16.3. The Kier molecular flexibility index (Phi) is 5.37. The minimum Gasteiger partial charge on any atom is -0.508 e. The molecule has 0 bridgehead atoms. The molecule has 2 amide bonds. The van der Waals surface area contributed by atoms with Crippen molar-refractivity contribution >= 4 is 11.8 Å². The van der Waals surface area contributed by atoms with Crippen molar-refractivity contribution in [3.8, 4) is 5.75 Å². The van der Waals surface area contributed by atoms with Crippen molar-refractivity contribution in [1.29, 1.82) is 0 Å². The average molecular weight is 394 g/mol. The molecule has 4 rings (SSSR count). The number of furan rings is 2. The number of rotatable bonds is 7. The number of hydrogen-bond donors (Lipinski definition) is 1. The number of para-hydroxylation sites is 1. The molecule has 3 heterocycles. The fourth-order valence-electron chi connectivity index (χ4n) is 3.59. The van der Waals surface area contributed by atoms with Gasteiger partial charge in [0, 0.05) is 25.1 Å². The molecule has 1 saturated heterocycles. The number of aromatic hydroxyl groups is 1. The van der Waals surface area contributed by atoms with Gasteiger partial charge in [0.05, 0.1) is 31.5 Å². The number of phenolic OH excluding ortho intramolecular Hbond substituents is 1. The van der Waals surface area contributed by atoms with Gasteiger partial charge in [0.15, 0.2) is 0 Å². The monoisotopic (exact) mass is 394 g/mol. The van der Waals surface area contributed by atoms with Crippen molar-refractivity contribution in [3.63, 3.8) is 0 Å². The van der Waals surface area contributed by atoms with Crippen LogP contribution < -0.4 is 0 Å². The fourth-order valence-corrected chi connectivity index (χ4v) is 3.59. The highest BCUT2D eigenvalue weighted by molar-refractivity contribution is 5.89. The van der Waals surface area contributed by atoms with Crippen molar-refractivity contribution < 1.29 is 23.5 Å². The quantitative estimate of drug-likeness (QED) is 0.665. The zero-order valence-corrected chi connectivity index (χ0v) is 15.9. The predicted molar refractivity (Wildman–Crippen MR) is 103 cm³/mol. The standard InChI is InChI=1S/C22H22N2O5/c25-20-8-2-1-5-16(20)12-24(15-19-7-4-10-29-19)22(27)17-11-21(26)23(13-17)14-18-6-3-9-28-18/h1-10,17,25H,11-15H2. The van der Waals surface area contributed by atoms with Crippen LogP contribution in [0.4, 0.5) is 0 Å². The molecule has 7 nitrogen and oxygen atoms in total. The third-order valence-electron chi connectivity index (χ3n) is 5.08. The molecule has 1 aliphatic rings. The van der Waals surface area contributed by atoms with Gasteiger partial charge >= 0.3 is 0 Å². The van der Waals surface area contributed by atoms with Crippen LogP contribution in [0, 0.1) is 5.92 Å². The second kappa shape index (κ2) is 8.26. The van der Waals surface area contributed by atoms with Crippen LogP contribution in [0.1, 0.15) is 23.5 Å². The molecule has 0 radical (unpaired) electrons. The third kappa shape index (κ3) is 4.34. The maximum Gasteiger partial charge on any atom is 0.228 e. The summed E-state index contributed by atoms with van der Waals surface area (Å²) >= 11 is 0. The number of likely N-dealkylation sites (tertiary alicyclic amines) is 1. The molecule has 1 fully saturated rings. The first kappa shape index (κ1) is 18.9. The summed E-state index contributed by atoms with van der Waals surface area (Å²) in [7, 11) is 0. The molecule has 7 heteroatoms. The predicted octanol–water partition coefficient (Wildman–Crippen LogP) is 3.16. The number of nitrogens with zero attached hydrogens (tertiary/aromatic N) is 2. The van der Waals surface area contributed by atoms with E-state index in [0.717, 1.165) is 0 Å². The molecule has 150 valence electrons. The second-order valence-electron chi connectivity index (χ2n) is 7.16. The van der Waals surface area contributed by atoms with E-state index in [1.807, 2.05) is 12.1 Å². The van der Waals surface area contributed by atoms with Crippen LogP contribution in [0.2, 0.25) is 0 Å². The van der Waals surface area contributed by atoms with Gasteiger partial charge in [-0.2, -0.15) is 0 Å². The van der Waals surface area contributed by atoms with Crippen LogP contribution in [0.3, 0.4) is 0 Å². The summed E-state index contributed by atoms with van der Waals surface area (Å²) in [5, 5.41) is 10.1. The first-order chi connectivity index (χ1) is 14.1. The molecule has 0 spiro atoms. The van der Waals surface area contributed by atoms with Gasteiger partial charge in [-0.15, -0.1) is 0 Å². The van der Waals surface area contributed by atoms with Crippen molar-refractivity contribution in [1.82, 2.24) is 9.80 Å². The minimum atomic E-state index is -0.446. The molecule has 1 aromatic carbocycles. The summed E-state index contributed by atoms with van der Waals surface area (Å²) < 4.78 is 10.7. The molecule has 0 aliphatic carbocycles. The van der Waals surface area contributed by atoms with Crippen LogP contribution in [-0.4, -0.2) is 33.3 Å². The van der Waals surface area contributed by atoms with Crippen molar-refractivity contribution in [2.45, 2.75) is 26.1 Å². The van der Waals surface area contributed by atoms with Gasteiger partial charge in [-0.1, -0.05) is 18.2 Å². The van der Waals surface area contributed by atoms with Gasteiger partial charge in [0.2, 0.25) is 11.8 Å². The molecule has 1 unspecified atom stereocenters. The lowest BCUT2D eigenvalue weighted by Gasteiger charge is -2.25. The number of hydrogen-bond acceptors (Lipinski definition) is 5. The molecule has 1 N–H and O–H groups in total. The first-order valence-electron chi connectivity index (χ1n) is 9.48. The lowest BCUT2D eigenvalue weighted by Crippen LogP contribution is -2.36. The van der Waals surface area contributed by atoms with E-state index in [9.17, 15) is 14.7 Å². The topological polar surface area (TPSA) is 87.1 Å². The van der Waals surface area contributed by atoms with E-state index < -0.39 is 5.92 Å². The van der Waals surface area contributed by atoms with E-state index in [0.29, 0.717) is 30.2 Å². The van der Waals surface area contributed by atoms with Crippen LogP contribution in [0.15, 0.2) is 69.9 Å². The van der Waals surface area contributed by atoms with Crippen molar-refractivity contribution in [3.05, 3.63) is 78.1 Å². The molecule has 0 saturated carbocycles. The van der Waals surface area contributed by atoms with Gasteiger partial charge in [-0.25, -0.2) is 0 Å². The van der Waals surface area contributed by atoms with Crippen LogP contribution in [0.25, 0.3) is 0 Å². The van der Waals surface area contributed by atoms with Crippen LogP contribution in [-0.2, 0) is 29.2 Å². The zero-order chi connectivity index (χ0) is 20.2. The number of amides is 2. The summed E-state index contributed by atoms with van der Waals surface area (Å²) in [5.74, 6) is 0.809. The Morgan fingerprint density at radius 1 is 1.03 bits per heavy atom. The molecular formula is C22H22N2O5. The van der Waals surface area contributed by atoms with E-state index in [-0.39, 0.29) is 37.1 Å². The Bertz CT molecular complexity index is 965. The molecule has 2 aromatic heterocycles. The fraction of sp³-hybridized carbons (Fsp3) is 0.273. The van der Waals surface area contributed by atoms with Gasteiger partial charge in [0.25, 0.3) is 0 Å². The van der Waals surface area contributed by atoms with E-state index in [2.05, 4.69) is 0 Å². The van der Waals surface area contributed by atoms with Crippen LogP contribution in [0.5, 0.6) is 5.75 Å². The SMILES string of the molecule is O=C1CC(C(=O)N(Cc2ccco2)Cc2ccccc2O)CN1Cc1ccco1. The molecule has 29 heavy (non-hydrogen) atoms. The average Bonchev–Trinajstić information content (AvgIpc) is 3.46. The highest BCUT2D eigenvalue weighted by Crippen LogP contribution is 2.26. The summed E-state index contributed by atoms with van der Waals surface area (Å²) in [4.78, 5) is 29.0. The molecule has 3 aromatic rings. The molecule has 1 aliphatic heterocycles. The second-order valence-corrected chi connectivity index (χ2v) is 7.16. The molecular weight excluding hydrogens is 372 g/mol. The third-order valence-corrected chi connectivity index (χ3v) is 5.08. The summed E-state index contributed by atoms with van der Waals surface area (Å²) in [6, 6.07) is 14.1. The Balaban J connectivity index is 1.50. The smallest absolute Gasteiger partial charge is 0.228 e. The van der Waals surface area contributed by atoms with Crippen molar-refractivity contribution in [2.24, 2.45) is 5.92 Å². The van der Waals surface area contributed by atoms with Crippen molar-refractivity contribution in [2.75, 3.05) is 6.54 Å². The molecule has 1 atom stereocenters. The zero-order valence-electron chi connectivity index (χ0n) is 15.9. The Morgan fingerprint density at radius 2 is 1.76 bits per heavy atom. The summed E-state index contributed by atoms with van der Waals surface area (Å²) in [6.07, 6.45) is 3.28. The van der Waals surface area contributed by atoms with Gasteiger partial charge < -0.3 is 23.7 Å². The minimum absolute atomic E-state index is 0.0692. The lowest BCUT2D eigenvalue weighted by molar-refractivity contribution is -0.137. The number of carbonyl (C=O) groups excluding carboxylic acids is 2. The number of phenols is 1. The van der Waals surface area contributed by atoms with Crippen LogP contribution >= 0.6 is 0 Å². The van der Waals surface area contributed by atoms with E-state index in [1.165, 1.54) is 0 Å². The Labute approximate surface area is 168 Å². The normalized spacial score (nSPS) is 16.3. The number of carbonyl (C=O) groups is 2. The summed E-state index contributed by atoms with van der Waals surface area (Å²) in [5.41, 5.74) is 0.643. The van der Waals surface area contributed by atoms with Gasteiger partial charge in [0.1, 0.15) is 17.3 Å². The lowest BCUT2D eigenvalue weighted by atomic mass is 10.1. The maximum atomic E-state index is 13.3. The Hall–Kier alpha value is -3.48. The number of benzene rings is 1. The summed E-state index contributed by atoms with van der Waals surface area (Å²) in [6.45, 7) is 1.19. The first-order valence-corrected chi connectivity index (χ1v) is 9.48. The largest absolute Gasteiger partial charge is 0.508 e.